The molecule has 0 spiro atoms. The number of halogens is 1. The van der Waals surface area contributed by atoms with E-state index >= 15 is 0 Å². The second kappa shape index (κ2) is 4.77. The van der Waals surface area contributed by atoms with Crippen molar-refractivity contribution < 1.29 is 14.3 Å². The number of nitrogens with zero attached hydrogens (tertiary/aromatic N) is 1. The fourth-order valence-corrected chi connectivity index (χ4v) is 1.36. The Morgan fingerprint density at radius 2 is 2.00 bits per heavy atom. The molecule has 0 aliphatic heterocycles. The van der Waals surface area contributed by atoms with Gasteiger partial charge < -0.3 is 10.0 Å². The molecule has 1 amide bonds. The number of amides is 1. The summed E-state index contributed by atoms with van der Waals surface area (Å²) in [5, 5.41) is 9.01. The van der Waals surface area contributed by atoms with E-state index in [2.05, 4.69) is 0 Å². The lowest BCUT2D eigenvalue weighted by Crippen LogP contribution is -2.31. The Balaban J connectivity index is 3.00. The first-order valence-electron chi connectivity index (χ1n) is 4.88. The topological polar surface area (TPSA) is 40.5 Å². The normalized spacial score (nSPS) is 10.1. The highest BCUT2D eigenvalue weighted by atomic mass is 19.1. The zero-order valence-electron chi connectivity index (χ0n) is 8.83. The van der Waals surface area contributed by atoms with Gasteiger partial charge in [-0.3, -0.25) is 4.79 Å². The smallest absolute Gasteiger partial charge is 0.256 e. The van der Waals surface area contributed by atoms with E-state index in [4.69, 9.17) is 5.11 Å². The average Bonchev–Trinajstić information content (AvgIpc) is 2.19. The maximum absolute atomic E-state index is 13.3. The molecular weight excluding hydrogens is 197 g/mol. The summed E-state index contributed by atoms with van der Waals surface area (Å²) in [4.78, 5) is 13.3. The maximum atomic E-state index is 13.3. The third-order valence-electron chi connectivity index (χ3n) is 2.23. The number of carbonyl (C=O) groups is 1. The molecule has 1 N–H and O–H groups in total. The Morgan fingerprint density at radius 1 is 1.40 bits per heavy atom. The maximum Gasteiger partial charge on any atom is 0.256 e. The van der Waals surface area contributed by atoms with Crippen molar-refractivity contribution in [2.45, 2.75) is 13.8 Å². The van der Waals surface area contributed by atoms with Crippen LogP contribution in [0.25, 0.3) is 0 Å². The molecule has 0 fully saturated rings. The molecule has 0 aromatic heterocycles. The predicted octanol–water partition coefficient (Wildman–Crippen LogP) is 2.01. The SMILES string of the molecule is CCN(CC)C(=O)c1ccc(O)cc1F. The lowest BCUT2D eigenvalue weighted by molar-refractivity contribution is 0.0768. The summed E-state index contributed by atoms with van der Waals surface area (Å²) in [7, 11) is 0. The molecule has 15 heavy (non-hydrogen) atoms. The Labute approximate surface area is 88.1 Å². The second-order valence-corrected chi connectivity index (χ2v) is 3.14. The first-order chi connectivity index (χ1) is 7.10. The number of carbonyl (C=O) groups excluding carboxylic acids is 1. The number of aromatic hydroxyl groups is 1. The van der Waals surface area contributed by atoms with Crippen molar-refractivity contribution in [2.24, 2.45) is 0 Å². The largest absolute Gasteiger partial charge is 0.508 e. The van der Waals surface area contributed by atoms with Gasteiger partial charge in [-0.25, -0.2) is 4.39 Å². The Morgan fingerprint density at radius 3 is 2.47 bits per heavy atom. The average molecular weight is 211 g/mol. The number of hydrogen-bond donors (Lipinski definition) is 1. The van der Waals surface area contributed by atoms with Crippen molar-refractivity contribution in [3.8, 4) is 5.75 Å². The monoisotopic (exact) mass is 211 g/mol. The summed E-state index contributed by atoms with van der Waals surface area (Å²) >= 11 is 0. The van der Waals surface area contributed by atoms with Gasteiger partial charge in [0.25, 0.3) is 5.91 Å². The molecule has 0 atom stereocenters. The highest BCUT2D eigenvalue weighted by molar-refractivity contribution is 5.94. The second-order valence-electron chi connectivity index (χ2n) is 3.14. The highest BCUT2D eigenvalue weighted by Crippen LogP contribution is 2.16. The van der Waals surface area contributed by atoms with E-state index < -0.39 is 5.82 Å². The van der Waals surface area contributed by atoms with Crippen LogP contribution in [0.1, 0.15) is 24.2 Å². The van der Waals surface area contributed by atoms with Crippen LogP contribution in [0.5, 0.6) is 5.75 Å². The minimum atomic E-state index is -0.688. The quantitative estimate of drug-likeness (QED) is 0.830. The number of benzene rings is 1. The van der Waals surface area contributed by atoms with Crippen LogP contribution in [-0.2, 0) is 0 Å². The van der Waals surface area contributed by atoms with E-state index in [1.54, 1.807) is 0 Å². The molecule has 3 nitrogen and oxygen atoms in total. The van der Waals surface area contributed by atoms with Gasteiger partial charge >= 0.3 is 0 Å². The van der Waals surface area contributed by atoms with Crippen molar-refractivity contribution in [3.63, 3.8) is 0 Å². The van der Waals surface area contributed by atoms with Crippen LogP contribution in [0.15, 0.2) is 18.2 Å². The molecule has 0 aliphatic rings. The minimum absolute atomic E-state index is 0.00324. The van der Waals surface area contributed by atoms with E-state index in [9.17, 15) is 9.18 Å². The van der Waals surface area contributed by atoms with Gasteiger partial charge in [-0.2, -0.15) is 0 Å². The van der Waals surface area contributed by atoms with Gasteiger partial charge in [0.2, 0.25) is 0 Å². The van der Waals surface area contributed by atoms with Crippen molar-refractivity contribution in [3.05, 3.63) is 29.6 Å². The van der Waals surface area contributed by atoms with Gasteiger partial charge in [0.15, 0.2) is 0 Å². The first kappa shape index (κ1) is 11.5. The fraction of sp³-hybridized carbons (Fsp3) is 0.364. The highest BCUT2D eigenvalue weighted by Gasteiger charge is 2.16. The summed E-state index contributed by atoms with van der Waals surface area (Å²) in [5.41, 5.74) is -0.00324. The molecule has 1 aromatic rings. The first-order valence-corrected chi connectivity index (χ1v) is 4.88. The summed E-state index contributed by atoms with van der Waals surface area (Å²) in [6.07, 6.45) is 0. The van der Waals surface area contributed by atoms with Crippen molar-refractivity contribution in [1.29, 1.82) is 0 Å². The molecule has 82 valence electrons. The number of phenolic OH excluding ortho intramolecular Hbond substituents is 1. The third-order valence-corrected chi connectivity index (χ3v) is 2.23. The summed E-state index contributed by atoms with van der Waals surface area (Å²) in [5.74, 6) is -1.21. The van der Waals surface area contributed by atoms with Gasteiger partial charge in [-0.1, -0.05) is 0 Å². The summed E-state index contributed by atoms with van der Waals surface area (Å²) in [6, 6.07) is 3.54. The predicted molar refractivity (Wildman–Crippen MR) is 55.3 cm³/mol. The van der Waals surface area contributed by atoms with Crippen LogP contribution in [0.4, 0.5) is 4.39 Å². The van der Waals surface area contributed by atoms with E-state index in [-0.39, 0.29) is 17.2 Å². The summed E-state index contributed by atoms with van der Waals surface area (Å²) < 4.78 is 13.3. The van der Waals surface area contributed by atoms with Crippen molar-refractivity contribution >= 4 is 5.91 Å². The number of hydrogen-bond acceptors (Lipinski definition) is 2. The molecule has 0 aliphatic carbocycles. The van der Waals surface area contributed by atoms with Gasteiger partial charge in [-0.15, -0.1) is 0 Å². The van der Waals surface area contributed by atoms with E-state index in [0.29, 0.717) is 13.1 Å². The Kier molecular flexibility index (Phi) is 3.66. The summed E-state index contributed by atoms with van der Waals surface area (Å²) in [6.45, 7) is 4.74. The lowest BCUT2D eigenvalue weighted by Gasteiger charge is -2.18. The molecule has 0 saturated carbocycles. The molecule has 0 saturated heterocycles. The van der Waals surface area contributed by atoms with Crippen LogP contribution >= 0.6 is 0 Å². The molecule has 0 heterocycles. The molecular formula is C11H14FNO2. The van der Waals surface area contributed by atoms with E-state index in [1.807, 2.05) is 13.8 Å². The zero-order chi connectivity index (χ0) is 11.4. The van der Waals surface area contributed by atoms with Crippen LogP contribution in [0.2, 0.25) is 0 Å². The van der Waals surface area contributed by atoms with Gasteiger partial charge in [0.05, 0.1) is 5.56 Å². The number of rotatable bonds is 3. The van der Waals surface area contributed by atoms with Crippen LogP contribution in [0.3, 0.4) is 0 Å². The Hall–Kier alpha value is -1.58. The zero-order valence-corrected chi connectivity index (χ0v) is 8.83. The third kappa shape index (κ3) is 2.46. The number of phenols is 1. The van der Waals surface area contributed by atoms with Gasteiger partial charge in [-0.05, 0) is 26.0 Å². The minimum Gasteiger partial charge on any atom is -0.508 e. The fourth-order valence-electron chi connectivity index (χ4n) is 1.36. The van der Waals surface area contributed by atoms with Crippen LogP contribution < -0.4 is 0 Å². The molecule has 0 unspecified atom stereocenters. The molecule has 1 aromatic carbocycles. The van der Waals surface area contributed by atoms with Gasteiger partial charge in [0, 0.05) is 19.2 Å². The molecule has 1 rings (SSSR count). The van der Waals surface area contributed by atoms with Crippen molar-refractivity contribution in [1.82, 2.24) is 4.90 Å². The van der Waals surface area contributed by atoms with E-state index in [0.717, 1.165) is 6.07 Å². The standard InChI is InChI=1S/C11H14FNO2/c1-3-13(4-2)11(15)9-6-5-8(14)7-10(9)12/h5-7,14H,3-4H2,1-2H3. The van der Waals surface area contributed by atoms with Crippen molar-refractivity contribution in [2.75, 3.05) is 13.1 Å². The lowest BCUT2D eigenvalue weighted by atomic mass is 10.1. The molecule has 0 radical (unpaired) electrons. The van der Waals surface area contributed by atoms with E-state index in [1.165, 1.54) is 17.0 Å². The van der Waals surface area contributed by atoms with Gasteiger partial charge in [0.1, 0.15) is 11.6 Å². The Bertz CT molecular complexity index is 362. The molecule has 4 heteroatoms. The van der Waals surface area contributed by atoms with Crippen LogP contribution in [0, 0.1) is 5.82 Å². The molecule has 0 bridgehead atoms. The van der Waals surface area contributed by atoms with Crippen LogP contribution in [-0.4, -0.2) is 29.0 Å².